The molecule has 112 valence electrons. The normalized spacial score (nSPS) is 11.4. The number of aromatic hydroxyl groups is 1. The Morgan fingerprint density at radius 3 is 2.52 bits per heavy atom. The fourth-order valence-electron chi connectivity index (χ4n) is 1.66. The highest BCUT2D eigenvalue weighted by atomic mass is 35.5. The van der Waals surface area contributed by atoms with Crippen LogP contribution in [0.25, 0.3) is 0 Å². The Balaban J connectivity index is 2.49. The largest absolute Gasteiger partial charge is 0.505 e. The molecule has 21 heavy (non-hydrogen) atoms. The van der Waals surface area contributed by atoms with Gasteiger partial charge < -0.3 is 5.11 Å². The second-order valence-electron chi connectivity index (χ2n) is 4.25. The summed E-state index contributed by atoms with van der Waals surface area (Å²) < 4.78 is 40.2. The van der Waals surface area contributed by atoms with Crippen LogP contribution in [0.15, 0.2) is 35.2 Å². The number of anilines is 1. The molecule has 0 saturated carbocycles. The minimum Gasteiger partial charge on any atom is -0.505 e. The van der Waals surface area contributed by atoms with Gasteiger partial charge in [-0.1, -0.05) is 35.3 Å². The monoisotopic (exact) mass is 349 g/mol. The van der Waals surface area contributed by atoms with E-state index in [9.17, 15) is 17.9 Å². The van der Waals surface area contributed by atoms with Crippen molar-refractivity contribution in [2.45, 2.75) is 11.8 Å². The molecular formula is C13H10Cl2FNO3S. The molecule has 0 amide bonds. The van der Waals surface area contributed by atoms with Crippen molar-refractivity contribution in [1.29, 1.82) is 0 Å². The van der Waals surface area contributed by atoms with Crippen molar-refractivity contribution in [3.8, 4) is 5.75 Å². The summed E-state index contributed by atoms with van der Waals surface area (Å²) in [6.45, 7) is 1.61. The predicted octanol–water partition coefficient (Wildman–Crippen LogP) is 3.95. The lowest BCUT2D eigenvalue weighted by molar-refractivity contribution is 0.473. The number of hydrogen-bond donors (Lipinski definition) is 2. The second-order valence-corrected chi connectivity index (χ2v) is 6.69. The fourth-order valence-corrected chi connectivity index (χ4v) is 3.47. The lowest BCUT2D eigenvalue weighted by Gasteiger charge is -2.12. The zero-order chi connectivity index (χ0) is 15.8. The Kier molecular flexibility index (Phi) is 4.32. The lowest BCUT2D eigenvalue weighted by atomic mass is 10.2. The molecule has 0 unspecified atom stereocenters. The van der Waals surface area contributed by atoms with Crippen molar-refractivity contribution in [2.75, 3.05) is 4.72 Å². The maximum atomic E-state index is 13.6. The second kappa shape index (κ2) is 5.71. The average Bonchev–Trinajstić information content (AvgIpc) is 2.41. The van der Waals surface area contributed by atoms with E-state index in [2.05, 4.69) is 4.72 Å². The Bertz CT molecular complexity index is 809. The maximum Gasteiger partial charge on any atom is 0.263 e. The van der Waals surface area contributed by atoms with Crippen LogP contribution >= 0.6 is 23.2 Å². The number of para-hydroxylation sites is 1. The van der Waals surface area contributed by atoms with Gasteiger partial charge in [0.1, 0.15) is 10.6 Å². The first-order valence-corrected chi connectivity index (χ1v) is 7.93. The molecule has 0 heterocycles. The molecule has 0 atom stereocenters. The maximum absolute atomic E-state index is 13.6. The summed E-state index contributed by atoms with van der Waals surface area (Å²) in [6.07, 6.45) is 0. The molecule has 2 aromatic rings. The minimum absolute atomic E-state index is 0.0265. The zero-order valence-corrected chi connectivity index (χ0v) is 13.0. The Morgan fingerprint density at radius 2 is 1.86 bits per heavy atom. The predicted molar refractivity (Wildman–Crippen MR) is 80.1 cm³/mol. The smallest absolute Gasteiger partial charge is 0.263 e. The van der Waals surface area contributed by atoms with Gasteiger partial charge in [-0.25, -0.2) is 12.8 Å². The van der Waals surface area contributed by atoms with E-state index in [4.69, 9.17) is 23.2 Å². The van der Waals surface area contributed by atoms with E-state index in [1.165, 1.54) is 6.07 Å². The number of benzene rings is 2. The Morgan fingerprint density at radius 1 is 1.19 bits per heavy atom. The van der Waals surface area contributed by atoms with Crippen LogP contribution in [0.2, 0.25) is 10.0 Å². The number of halogens is 3. The van der Waals surface area contributed by atoms with Crippen LogP contribution in [-0.4, -0.2) is 13.5 Å². The van der Waals surface area contributed by atoms with Gasteiger partial charge in [-0.05, 0) is 30.7 Å². The standard InChI is InChI=1S/C13H10Cl2FNO3S/c1-7-3-2-4-9(13(7)18)17-21(19,20)10-6-5-8(14)12(16)11(10)15/h2-6,17-18H,1H3. The first-order valence-electron chi connectivity index (χ1n) is 5.69. The molecule has 8 heteroatoms. The summed E-state index contributed by atoms with van der Waals surface area (Å²) in [5.74, 6) is -1.23. The average molecular weight is 350 g/mol. The summed E-state index contributed by atoms with van der Waals surface area (Å²) in [4.78, 5) is -0.466. The number of hydrogen-bond acceptors (Lipinski definition) is 3. The number of aryl methyl sites for hydroxylation is 1. The molecule has 2 aromatic carbocycles. The minimum atomic E-state index is -4.16. The number of rotatable bonds is 3. The highest BCUT2D eigenvalue weighted by Gasteiger charge is 2.23. The summed E-state index contributed by atoms with van der Waals surface area (Å²) in [6, 6.07) is 6.73. The number of phenolic OH excluding ortho intramolecular Hbond substituents is 1. The van der Waals surface area contributed by atoms with E-state index in [1.54, 1.807) is 19.1 Å². The molecule has 0 saturated heterocycles. The molecule has 0 bridgehead atoms. The molecule has 2 N–H and O–H groups in total. The van der Waals surface area contributed by atoms with Crippen LogP contribution in [0.3, 0.4) is 0 Å². The third kappa shape index (κ3) is 3.07. The van der Waals surface area contributed by atoms with Crippen molar-refractivity contribution in [2.24, 2.45) is 0 Å². The van der Waals surface area contributed by atoms with Gasteiger partial charge in [0, 0.05) is 0 Å². The Labute approximate surface area is 131 Å². The fraction of sp³-hybridized carbons (Fsp3) is 0.0769. The van der Waals surface area contributed by atoms with Crippen molar-refractivity contribution in [3.63, 3.8) is 0 Å². The van der Waals surface area contributed by atoms with Crippen LogP contribution in [0.4, 0.5) is 10.1 Å². The van der Waals surface area contributed by atoms with E-state index in [-0.39, 0.29) is 16.5 Å². The van der Waals surface area contributed by atoms with Crippen LogP contribution in [0.5, 0.6) is 5.75 Å². The molecule has 0 aliphatic carbocycles. The number of sulfonamides is 1. The highest BCUT2D eigenvalue weighted by Crippen LogP contribution is 2.33. The molecule has 0 fully saturated rings. The van der Waals surface area contributed by atoms with Crippen molar-refractivity contribution in [1.82, 2.24) is 0 Å². The molecular weight excluding hydrogens is 340 g/mol. The summed E-state index contributed by atoms with van der Waals surface area (Å²) >= 11 is 11.2. The third-order valence-electron chi connectivity index (χ3n) is 2.77. The van der Waals surface area contributed by atoms with Gasteiger partial charge in [0.2, 0.25) is 0 Å². The van der Waals surface area contributed by atoms with Gasteiger partial charge >= 0.3 is 0 Å². The van der Waals surface area contributed by atoms with Crippen LogP contribution < -0.4 is 4.72 Å². The van der Waals surface area contributed by atoms with Gasteiger partial charge in [-0.3, -0.25) is 4.72 Å². The molecule has 0 radical (unpaired) electrons. The Hall–Kier alpha value is -1.50. The van der Waals surface area contributed by atoms with E-state index < -0.39 is 25.8 Å². The molecule has 0 aliphatic heterocycles. The molecule has 0 spiro atoms. The molecule has 2 rings (SSSR count). The third-order valence-corrected chi connectivity index (χ3v) is 4.95. The van der Waals surface area contributed by atoms with E-state index >= 15 is 0 Å². The highest BCUT2D eigenvalue weighted by molar-refractivity contribution is 7.92. The summed E-state index contributed by atoms with van der Waals surface area (Å²) in [5, 5.41) is 8.93. The topological polar surface area (TPSA) is 66.4 Å². The van der Waals surface area contributed by atoms with E-state index in [0.29, 0.717) is 5.56 Å². The van der Waals surface area contributed by atoms with Crippen LogP contribution in [0, 0.1) is 12.7 Å². The van der Waals surface area contributed by atoms with Gasteiger partial charge in [-0.2, -0.15) is 0 Å². The van der Waals surface area contributed by atoms with E-state index in [0.717, 1.165) is 12.1 Å². The van der Waals surface area contributed by atoms with Gasteiger partial charge in [0.15, 0.2) is 5.82 Å². The van der Waals surface area contributed by atoms with Gasteiger partial charge in [0.25, 0.3) is 10.0 Å². The molecule has 0 aliphatic rings. The molecule has 4 nitrogen and oxygen atoms in total. The molecule has 0 aromatic heterocycles. The van der Waals surface area contributed by atoms with Gasteiger partial charge in [0.05, 0.1) is 15.7 Å². The first kappa shape index (κ1) is 15.9. The number of nitrogens with one attached hydrogen (secondary N) is 1. The lowest BCUT2D eigenvalue weighted by Crippen LogP contribution is -2.14. The van der Waals surface area contributed by atoms with Crippen LogP contribution in [0.1, 0.15) is 5.56 Å². The quantitative estimate of drug-likeness (QED) is 0.651. The van der Waals surface area contributed by atoms with Gasteiger partial charge in [-0.15, -0.1) is 0 Å². The van der Waals surface area contributed by atoms with E-state index in [1.807, 2.05) is 0 Å². The summed E-state index contributed by atoms with van der Waals surface area (Å²) in [5.41, 5.74) is 0.463. The SMILES string of the molecule is Cc1cccc(NS(=O)(=O)c2ccc(Cl)c(F)c2Cl)c1O. The van der Waals surface area contributed by atoms with Crippen molar-refractivity contribution >= 4 is 38.9 Å². The zero-order valence-electron chi connectivity index (χ0n) is 10.7. The van der Waals surface area contributed by atoms with Crippen molar-refractivity contribution < 1.29 is 17.9 Å². The van der Waals surface area contributed by atoms with Crippen LogP contribution in [-0.2, 0) is 10.0 Å². The van der Waals surface area contributed by atoms with Crippen molar-refractivity contribution in [3.05, 3.63) is 51.8 Å². The first-order chi connectivity index (χ1) is 9.74. The number of phenols is 1. The summed E-state index contributed by atoms with van der Waals surface area (Å²) in [7, 11) is -4.16.